The van der Waals surface area contributed by atoms with Crippen LogP contribution in [0.3, 0.4) is 0 Å². The van der Waals surface area contributed by atoms with E-state index in [4.69, 9.17) is 14.7 Å². The molecule has 8 nitrogen and oxygen atoms in total. The van der Waals surface area contributed by atoms with Crippen molar-refractivity contribution in [3.8, 4) is 0 Å². The van der Waals surface area contributed by atoms with Crippen LogP contribution in [-0.2, 0) is 24.2 Å². The summed E-state index contributed by atoms with van der Waals surface area (Å²) < 4.78 is 10.9. The van der Waals surface area contributed by atoms with Gasteiger partial charge in [0.25, 0.3) is 5.91 Å². The number of hydrogen-bond acceptors (Lipinski definition) is 7. The highest BCUT2D eigenvalue weighted by Crippen LogP contribution is 2.35. The molecular weight excluding hydrogens is 280 g/mol. The van der Waals surface area contributed by atoms with E-state index in [1.54, 1.807) is 9.80 Å². The van der Waals surface area contributed by atoms with Crippen molar-refractivity contribution in [2.24, 2.45) is 0 Å². The first-order chi connectivity index (χ1) is 10.2. The van der Waals surface area contributed by atoms with Crippen molar-refractivity contribution in [1.82, 2.24) is 9.80 Å². The van der Waals surface area contributed by atoms with Crippen LogP contribution < -0.4 is 0 Å². The van der Waals surface area contributed by atoms with Crippen molar-refractivity contribution in [2.75, 3.05) is 26.8 Å². The van der Waals surface area contributed by atoms with Crippen LogP contribution in [0, 0.1) is 0 Å². The maximum absolute atomic E-state index is 12.6. The van der Waals surface area contributed by atoms with Gasteiger partial charge in [-0.25, -0.2) is 5.26 Å². The lowest BCUT2D eigenvalue weighted by atomic mass is 10.0. The average Bonchev–Trinajstić information content (AvgIpc) is 2.49. The molecule has 0 saturated carbocycles. The summed E-state index contributed by atoms with van der Waals surface area (Å²) in [5, 5.41) is 12.1. The molecule has 3 heterocycles. The van der Waals surface area contributed by atoms with Gasteiger partial charge in [0.2, 0.25) is 0 Å². The number of hydrogen-bond donors (Lipinski definition) is 1. The fourth-order valence-corrected chi connectivity index (χ4v) is 2.74. The Hall–Kier alpha value is -2.03. The van der Waals surface area contributed by atoms with Crippen LogP contribution in [0.25, 0.3) is 0 Å². The Morgan fingerprint density at radius 3 is 3.05 bits per heavy atom. The monoisotopic (exact) mass is 296 g/mol. The van der Waals surface area contributed by atoms with Gasteiger partial charge in [-0.15, -0.1) is 0 Å². The Bertz CT molecular complexity index is 541. The molecule has 1 atom stereocenters. The first-order valence-electron chi connectivity index (χ1n) is 6.54. The topological polar surface area (TPSA) is 80.7 Å². The summed E-state index contributed by atoms with van der Waals surface area (Å²) in [5.41, 5.74) is 0.706. The van der Waals surface area contributed by atoms with Crippen LogP contribution in [-0.4, -0.2) is 54.0 Å². The van der Waals surface area contributed by atoms with E-state index in [9.17, 15) is 4.79 Å². The molecule has 0 spiro atoms. The largest absolute Gasteiger partial charge is 0.494 e. The van der Waals surface area contributed by atoms with Gasteiger partial charge in [0.15, 0.2) is 23.4 Å². The SMILES string of the molecule is C=C1C(OOO)=CN2CC3OCCCN3C(=O)C2=C1OC. The molecule has 3 aliphatic rings. The van der Waals surface area contributed by atoms with Crippen molar-refractivity contribution in [3.63, 3.8) is 0 Å². The van der Waals surface area contributed by atoms with Crippen LogP contribution >= 0.6 is 0 Å². The van der Waals surface area contributed by atoms with Gasteiger partial charge < -0.3 is 24.2 Å². The Kier molecular flexibility index (Phi) is 3.58. The number of carbonyl (C=O) groups excluding carboxylic acids is 1. The molecule has 1 unspecified atom stereocenters. The van der Waals surface area contributed by atoms with Gasteiger partial charge >= 0.3 is 0 Å². The molecule has 1 N–H and O–H groups in total. The quantitative estimate of drug-likeness (QED) is 0.602. The van der Waals surface area contributed by atoms with Crippen molar-refractivity contribution >= 4 is 5.91 Å². The second-order valence-electron chi connectivity index (χ2n) is 4.84. The van der Waals surface area contributed by atoms with Gasteiger partial charge in [-0.05, 0) is 11.5 Å². The minimum Gasteiger partial charge on any atom is -0.494 e. The lowest BCUT2D eigenvalue weighted by Crippen LogP contribution is -2.58. The zero-order chi connectivity index (χ0) is 15.0. The van der Waals surface area contributed by atoms with Gasteiger partial charge in [0.1, 0.15) is 0 Å². The molecule has 0 radical (unpaired) electrons. The third-order valence-corrected chi connectivity index (χ3v) is 3.70. The standard InChI is InChI=1S/C13H16N2O6/c1-8-9(20-21-17)6-14-7-10-15(4-3-5-19-10)13(16)11(14)12(8)18-2/h6,10,17H,1,3-5,7H2,2H3. The number of piperazine rings is 1. The van der Waals surface area contributed by atoms with E-state index < -0.39 is 0 Å². The highest BCUT2D eigenvalue weighted by Gasteiger charge is 2.42. The van der Waals surface area contributed by atoms with Crippen molar-refractivity contribution in [3.05, 3.63) is 35.6 Å². The van der Waals surface area contributed by atoms with Crippen molar-refractivity contribution in [1.29, 1.82) is 0 Å². The third-order valence-electron chi connectivity index (χ3n) is 3.70. The smallest absolute Gasteiger partial charge is 0.276 e. The maximum atomic E-state index is 12.6. The van der Waals surface area contributed by atoms with E-state index >= 15 is 0 Å². The number of rotatable bonds is 3. The van der Waals surface area contributed by atoms with Crippen LogP contribution in [0.4, 0.5) is 0 Å². The van der Waals surface area contributed by atoms with E-state index in [-0.39, 0.29) is 17.9 Å². The minimum atomic E-state index is -0.313. The van der Waals surface area contributed by atoms with Gasteiger partial charge in [0, 0.05) is 6.54 Å². The molecule has 0 aliphatic carbocycles. The highest BCUT2D eigenvalue weighted by atomic mass is 17.5. The fraction of sp³-hybridized carbons (Fsp3) is 0.462. The summed E-state index contributed by atoms with van der Waals surface area (Å²) in [6.45, 7) is 5.52. The fourth-order valence-electron chi connectivity index (χ4n) is 2.74. The van der Waals surface area contributed by atoms with E-state index in [1.165, 1.54) is 13.3 Å². The van der Waals surface area contributed by atoms with Gasteiger partial charge in [-0.1, -0.05) is 6.58 Å². The number of amides is 1. The molecule has 0 aromatic rings. The molecule has 21 heavy (non-hydrogen) atoms. The van der Waals surface area contributed by atoms with E-state index in [1.807, 2.05) is 0 Å². The van der Waals surface area contributed by atoms with Crippen molar-refractivity contribution < 1.29 is 29.5 Å². The Morgan fingerprint density at radius 2 is 2.33 bits per heavy atom. The molecule has 2 fully saturated rings. The summed E-state index contributed by atoms with van der Waals surface area (Å²) in [6.07, 6.45) is 2.03. The van der Waals surface area contributed by atoms with Crippen LogP contribution in [0.15, 0.2) is 35.6 Å². The summed E-state index contributed by atoms with van der Waals surface area (Å²) in [7, 11) is 1.44. The molecule has 0 aromatic heterocycles. The third kappa shape index (κ3) is 2.17. The Labute approximate surface area is 121 Å². The Morgan fingerprint density at radius 1 is 1.52 bits per heavy atom. The average molecular weight is 296 g/mol. The molecule has 0 aromatic carbocycles. The highest BCUT2D eigenvalue weighted by molar-refractivity contribution is 5.96. The first kappa shape index (κ1) is 13.9. The molecular formula is C13H16N2O6. The van der Waals surface area contributed by atoms with Gasteiger partial charge in [-0.2, -0.15) is 0 Å². The predicted molar refractivity (Wildman–Crippen MR) is 68.8 cm³/mol. The van der Waals surface area contributed by atoms with Gasteiger partial charge in [0.05, 0.1) is 32.0 Å². The lowest BCUT2D eigenvalue weighted by molar-refractivity contribution is -0.471. The first-order valence-corrected chi connectivity index (χ1v) is 6.54. The van der Waals surface area contributed by atoms with E-state index in [0.29, 0.717) is 36.7 Å². The molecule has 3 aliphatic heterocycles. The summed E-state index contributed by atoms with van der Waals surface area (Å²) in [4.78, 5) is 20.6. The molecule has 1 amide bonds. The normalized spacial score (nSPS) is 25.4. The Balaban J connectivity index is 1.99. The zero-order valence-electron chi connectivity index (χ0n) is 11.6. The van der Waals surface area contributed by atoms with Crippen molar-refractivity contribution in [2.45, 2.75) is 12.6 Å². The molecule has 114 valence electrons. The number of methoxy groups -OCH3 is 1. The van der Waals surface area contributed by atoms with E-state index in [2.05, 4.69) is 16.5 Å². The van der Waals surface area contributed by atoms with Crippen LogP contribution in [0.2, 0.25) is 0 Å². The predicted octanol–water partition coefficient (Wildman–Crippen LogP) is 0.567. The van der Waals surface area contributed by atoms with Gasteiger partial charge in [-0.3, -0.25) is 4.79 Å². The van der Waals surface area contributed by atoms with E-state index in [0.717, 1.165) is 6.42 Å². The molecule has 8 heteroatoms. The molecule has 3 rings (SSSR count). The van der Waals surface area contributed by atoms with Crippen LogP contribution in [0.5, 0.6) is 0 Å². The summed E-state index contributed by atoms with van der Waals surface area (Å²) in [6, 6.07) is 0. The second-order valence-corrected chi connectivity index (χ2v) is 4.84. The lowest BCUT2D eigenvalue weighted by Gasteiger charge is -2.45. The summed E-state index contributed by atoms with van der Waals surface area (Å²) >= 11 is 0. The minimum absolute atomic E-state index is 0.162. The number of nitrogens with zero attached hydrogens (tertiary/aromatic N) is 2. The maximum Gasteiger partial charge on any atom is 0.276 e. The molecule has 0 bridgehead atoms. The number of fused-ring (bicyclic) bond motifs is 2. The number of carbonyl (C=O) groups is 1. The summed E-state index contributed by atoms with van der Waals surface area (Å²) in [5.74, 6) is 0.276. The van der Waals surface area contributed by atoms with Crippen LogP contribution in [0.1, 0.15) is 6.42 Å². The molecule has 2 saturated heterocycles. The zero-order valence-corrected chi connectivity index (χ0v) is 11.6. The number of ether oxygens (including phenoxy) is 2. The second kappa shape index (κ2) is 5.40.